The van der Waals surface area contributed by atoms with Gasteiger partial charge in [0.05, 0.1) is 12.6 Å². The van der Waals surface area contributed by atoms with Crippen molar-refractivity contribution in [2.45, 2.75) is 36.2 Å². The van der Waals surface area contributed by atoms with E-state index in [0.717, 1.165) is 29.7 Å². The largest absolute Gasteiger partial charge is 0.493 e. The van der Waals surface area contributed by atoms with Crippen LogP contribution in [0.3, 0.4) is 0 Å². The second-order valence-corrected chi connectivity index (χ2v) is 8.77. The first-order valence-corrected chi connectivity index (χ1v) is 10.7. The fourth-order valence-corrected chi connectivity index (χ4v) is 6.25. The van der Waals surface area contributed by atoms with Crippen molar-refractivity contribution < 1.29 is 14.3 Å². The van der Waals surface area contributed by atoms with Gasteiger partial charge in [-0.25, -0.2) is 0 Å². The molecular weight excluding hydrogens is 372 g/mol. The van der Waals surface area contributed by atoms with Crippen molar-refractivity contribution in [2.24, 2.45) is 0 Å². The Morgan fingerprint density at radius 2 is 1.93 bits per heavy atom. The van der Waals surface area contributed by atoms with Gasteiger partial charge >= 0.3 is 0 Å². The van der Waals surface area contributed by atoms with Gasteiger partial charge in [-0.3, -0.25) is 9.59 Å². The number of ether oxygens (including phenoxy) is 1. The molecule has 0 bridgehead atoms. The maximum Gasteiger partial charge on any atom is 0.244 e. The number of benzene rings is 2. The molecule has 3 atom stereocenters. The highest BCUT2D eigenvalue weighted by Crippen LogP contribution is 2.54. The Balaban J connectivity index is 1.40. The highest BCUT2D eigenvalue weighted by atomic mass is 32.2. The zero-order chi connectivity index (χ0) is 19.1. The van der Waals surface area contributed by atoms with Crippen molar-refractivity contribution in [1.29, 1.82) is 0 Å². The van der Waals surface area contributed by atoms with Gasteiger partial charge in [0, 0.05) is 24.2 Å². The molecule has 0 aromatic heterocycles. The average Bonchev–Trinajstić information content (AvgIpc) is 3.28. The summed E-state index contributed by atoms with van der Waals surface area (Å²) in [4.78, 5) is 27.4. The van der Waals surface area contributed by atoms with E-state index in [1.54, 1.807) is 11.8 Å². The lowest BCUT2D eigenvalue weighted by Gasteiger charge is -2.35. The normalized spacial score (nSPS) is 28.4. The number of rotatable bonds is 3. The lowest BCUT2D eigenvalue weighted by atomic mass is 9.99. The van der Waals surface area contributed by atoms with E-state index in [2.05, 4.69) is 17.4 Å². The Hall–Kier alpha value is -2.47. The van der Waals surface area contributed by atoms with Crippen LogP contribution in [-0.2, 0) is 14.5 Å². The van der Waals surface area contributed by atoms with Gasteiger partial charge in [0.15, 0.2) is 0 Å². The number of hydrogen-bond donors (Lipinski definition) is 1. The van der Waals surface area contributed by atoms with E-state index in [0.29, 0.717) is 18.8 Å². The number of amides is 2. The predicted molar refractivity (Wildman–Crippen MR) is 108 cm³/mol. The molecular formula is C22H22N2O3S. The van der Waals surface area contributed by atoms with Crippen LogP contribution in [0.15, 0.2) is 54.6 Å². The van der Waals surface area contributed by atoms with Gasteiger partial charge in [0.1, 0.15) is 16.7 Å². The van der Waals surface area contributed by atoms with E-state index in [-0.39, 0.29) is 17.9 Å². The smallest absolute Gasteiger partial charge is 0.244 e. The quantitative estimate of drug-likeness (QED) is 0.869. The molecule has 5 nitrogen and oxygen atoms in total. The van der Waals surface area contributed by atoms with E-state index < -0.39 is 10.9 Å². The lowest BCUT2D eigenvalue weighted by Crippen LogP contribution is -2.51. The molecule has 0 radical (unpaired) electrons. The van der Waals surface area contributed by atoms with E-state index in [9.17, 15) is 9.59 Å². The molecule has 2 fully saturated rings. The van der Waals surface area contributed by atoms with Crippen molar-refractivity contribution in [3.8, 4) is 5.75 Å². The molecule has 2 aromatic carbocycles. The Morgan fingerprint density at radius 1 is 1.14 bits per heavy atom. The van der Waals surface area contributed by atoms with Gasteiger partial charge in [0.2, 0.25) is 11.8 Å². The van der Waals surface area contributed by atoms with Crippen LogP contribution in [0, 0.1) is 0 Å². The minimum atomic E-state index is -0.435. The zero-order valence-electron chi connectivity index (χ0n) is 15.5. The third kappa shape index (κ3) is 2.70. The molecule has 28 heavy (non-hydrogen) atoms. The number of fused-ring (bicyclic) bond motifs is 2. The first-order chi connectivity index (χ1) is 13.7. The number of para-hydroxylation sites is 1. The summed E-state index contributed by atoms with van der Waals surface area (Å²) in [6.07, 6.45) is 1.98. The van der Waals surface area contributed by atoms with Crippen molar-refractivity contribution in [3.63, 3.8) is 0 Å². The van der Waals surface area contributed by atoms with Crippen LogP contribution >= 0.6 is 11.8 Å². The molecule has 0 spiro atoms. The summed E-state index contributed by atoms with van der Waals surface area (Å²) in [6, 6.07) is 17.4. The number of thioether (sulfide) groups is 1. The molecule has 1 N–H and O–H groups in total. The number of nitrogens with one attached hydrogen (secondary N) is 1. The van der Waals surface area contributed by atoms with Crippen LogP contribution in [0.1, 0.15) is 36.4 Å². The molecule has 0 saturated carbocycles. The first kappa shape index (κ1) is 17.6. The Morgan fingerprint density at radius 3 is 2.79 bits per heavy atom. The predicted octanol–water partition coefficient (Wildman–Crippen LogP) is 3.22. The monoisotopic (exact) mass is 394 g/mol. The second kappa shape index (κ2) is 6.85. The van der Waals surface area contributed by atoms with Crippen LogP contribution < -0.4 is 10.1 Å². The van der Waals surface area contributed by atoms with Crippen LogP contribution in [-0.4, -0.2) is 35.1 Å². The standard InChI is InChI=1S/C22H22N2O3S/c25-20-10-12-22(15-6-2-1-3-7-15)24(20)18(14-28-22)21(26)23-17-11-13-27-19-9-5-4-8-16(17)19/h1-9,17-18H,10-14H2,(H,23,26)/t17-,18+,22+/m1/s1. The van der Waals surface area contributed by atoms with Gasteiger partial charge in [0.25, 0.3) is 0 Å². The summed E-state index contributed by atoms with van der Waals surface area (Å²) in [7, 11) is 0. The summed E-state index contributed by atoms with van der Waals surface area (Å²) in [5.41, 5.74) is 2.12. The lowest BCUT2D eigenvalue weighted by molar-refractivity contribution is -0.138. The summed E-state index contributed by atoms with van der Waals surface area (Å²) in [5, 5.41) is 3.19. The zero-order valence-corrected chi connectivity index (χ0v) is 16.3. The third-order valence-electron chi connectivity index (χ3n) is 5.93. The van der Waals surface area contributed by atoms with Gasteiger partial charge in [-0.15, -0.1) is 11.8 Å². The van der Waals surface area contributed by atoms with Crippen molar-refractivity contribution in [1.82, 2.24) is 10.2 Å². The maximum atomic E-state index is 13.2. The second-order valence-electron chi connectivity index (χ2n) is 7.48. The molecule has 6 heteroatoms. The van der Waals surface area contributed by atoms with E-state index in [1.807, 2.05) is 47.4 Å². The molecule has 2 aromatic rings. The average molecular weight is 394 g/mol. The molecule has 2 amide bonds. The highest BCUT2D eigenvalue weighted by molar-refractivity contribution is 8.00. The minimum absolute atomic E-state index is 0.0674. The van der Waals surface area contributed by atoms with Gasteiger partial charge in [-0.1, -0.05) is 48.5 Å². The Kier molecular flexibility index (Phi) is 4.31. The van der Waals surface area contributed by atoms with E-state index in [4.69, 9.17) is 4.74 Å². The van der Waals surface area contributed by atoms with E-state index in [1.165, 1.54) is 0 Å². The molecule has 2 saturated heterocycles. The van der Waals surface area contributed by atoms with Crippen molar-refractivity contribution in [2.75, 3.05) is 12.4 Å². The number of carbonyl (C=O) groups excluding carboxylic acids is 2. The van der Waals surface area contributed by atoms with Crippen LogP contribution in [0.5, 0.6) is 5.75 Å². The topological polar surface area (TPSA) is 58.6 Å². The third-order valence-corrected chi connectivity index (χ3v) is 7.53. The van der Waals surface area contributed by atoms with Gasteiger partial charge in [-0.2, -0.15) is 0 Å². The van der Waals surface area contributed by atoms with Crippen molar-refractivity contribution >= 4 is 23.6 Å². The summed E-state index contributed by atoms with van der Waals surface area (Å²) < 4.78 is 5.70. The number of carbonyl (C=O) groups is 2. The molecule has 0 aliphatic carbocycles. The Bertz CT molecular complexity index is 919. The Labute approximate surface area is 168 Å². The van der Waals surface area contributed by atoms with Gasteiger partial charge < -0.3 is 15.0 Å². The van der Waals surface area contributed by atoms with Gasteiger partial charge in [-0.05, 0) is 18.1 Å². The summed E-state index contributed by atoms with van der Waals surface area (Å²) >= 11 is 1.72. The molecule has 5 rings (SSSR count). The molecule has 144 valence electrons. The minimum Gasteiger partial charge on any atom is -0.493 e. The fraction of sp³-hybridized carbons (Fsp3) is 0.364. The molecule has 0 unspecified atom stereocenters. The molecule has 3 aliphatic heterocycles. The summed E-state index contributed by atoms with van der Waals surface area (Å²) in [6.45, 7) is 0.581. The fourth-order valence-electron chi connectivity index (χ4n) is 4.60. The van der Waals surface area contributed by atoms with Crippen LogP contribution in [0.4, 0.5) is 0 Å². The SMILES string of the molecule is O=C(N[C@@H]1CCOc2ccccc21)[C@@H]1CS[C@]2(c3ccccc3)CCC(=O)N12. The van der Waals surface area contributed by atoms with Crippen LogP contribution in [0.2, 0.25) is 0 Å². The van der Waals surface area contributed by atoms with E-state index >= 15 is 0 Å². The molecule has 3 heterocycles. The number of nitrogens with zero attached hydrogens (tertiary/aromatic N) is 1. The van der Waals surface area contributed by atoms with Crippen LogP contribution in [0.25, 0.3) is 0 Å². The summed E-state index contributed by atoms with van der Waals surface area (Å²) in [5.74, 6) is 1.46. The number of hydrogen-bond acceptors (Lipinski definition) is 4. The maximum absolute atomic E-state index is 13.2. The first-order valence-electron chi connectivity index (χ1n) is 9.73. The van der Waals surface area contributed by atoms with Crippen molar-refractivity contribution in [3.05, 3.63) is 65.7 Å². The highest BCUT2D eigenvalue weighted by Gasteiger charge is 2.56. The molecule has 3 aliphatic rings.